The van der Waals surface area contributed by atoms with Crippen LogP contribution in [0.1, 0.15) is 22.3 Å². The summed E-state index contributed by atoms with van der Waals surface area (Å²) in [6, 6.07) is 21.7. The Balaban J connectivity index is 1.38. The molecule has 0 fully saturated rings. The third-order valence-corrected chi connectivity index (χ3v) is 5.63. The molecule has 2 heterocycles. The molecule has 0 aliphatic carbocycles. The van der Waals surface area contributed by atoms with Gasteiger partial charge in [-0.25, -0.2) is 4.79 Å². The molecule has 0 unspecified atom stereocenters. The smallest absolute Gasteiger partial charge is 0.408 e. The number of para-hydroxylation sites is 2. The van der Waals surface area contributed by atoms with Gasteiger partial charge >= 0.3 is 5.76 Å². The molecular weight excluding hydrogens is 406 g/mol. The van der Waals surface area contributed by atoms with Crippen LogP contribution < -0.4 is 16.0 Å². The number of anilines is 2. The van der Waals surface area contributed by atoms with Crippen molar-refractivity contribution in [1.82, 2.24) is 4.57 Å². The number of amides is 2. The summed E-state index contributed by atoms with van der Waals surface area (Å²) in [7, 11) is 0. The fourth-order valence-electron chi connectivity index (χ4n) is 4.11. The fourth-order valence-corrected chi connectivity index (χ4v) is 4.11. The lowest BCUT2D eigenvalue weighted by Crippen LogP contribution is -2.35. The first-order chi connectivity index (χ1) is 15.6. The Kier molecular flexibility index (Phi) is 5.07. The highest BCUT2D eigenvalue weighted by atomic mass is 16.4. The van der Waals surface area contributed by atoms with Gasteiger partial charge in [-0.05, 0) is 54.8 Å². The van der Waals surface area contributed by atoms with Gasteiger partial charge < -0.3 is 14.6 Å². The zero-order valence-electron chi connectivity index (χ0n) is 17.3. The van der Waals surface area contributed by atoms with E-state index in [1.54, 1.807) is 41.3 Å². The molecule has 7 nitrogen and oxygen atoms in total. The Morgan fingerprint density at radius 2 is 1.75 bits per heavy atom. The number of fused-ring (bicyclic) bond motifs is 2. The summed E-state index contributed by atoms with van der Waals surface area (Å²) in [5.41, 5.74) is 4.07. The minimum Gasteiger partial charge on any atom is -0.408 e. The Hall–Kier alpha value is -4.13. The average molecular weight is 427 g/mol. The van der Waals surface area contributed by atoms with Gasteiger partial charge in [-0.15, -0.1) is 0 Å². The van der Waals surface area contributed by atoms with Crippen LogP contribution in [0, 0.1) is 0 Å². The standard InChI is InChI=1S/C25H21N3O4/c29-23(16-28-20-10-4-5-11-22(20)32-25(28)31)26-19-13-12-17-9-6-14-27(21(17)15-19)24(30)18-7-2-1-3-8-18/h1-5,7-8,10-13,15H,6,9,14,16H2,(H,26,29). The third-order valence-electron chi connectivity index (χ3n) is 5.63. The SMILES string of the molecule is O=C(Cn1c(=O)oc2ccccc21)Nc1ccc2c(c1)N(C(=O)c1ccccc1)CCC2. The number of rotatable bonds is 4. The van der Waals surface area contributed by atoms with E-state index in [1.807, 2.05) is 36.4 Å². The number of carbonyl (C=O) groups excluding carboxylic acids is 2. The molecule has 0 radical (unpaired) electrons. The largest absolute Gasteiger partial charge is 0.420 e. The number of carbonyl (C=O) groups is 2. The summed E-state index contributed by atoms with van der Waals surface area (Å²) in [4.78, 5) is 39.7. The van der Waals surface area contributed by atoms with Gasteiger partial charge in [0, 0.05) is 23.5 Å². The monoisotopic (exact) mass is 427 g/mol. The first kappa shape index (κ1) is 19.8. The van der Waals surface area contributed by atoms with E-state index >= 15 is 0 Å². The molecular formula is C25H21N3O4. The van der Waals surface area contributed by atoms with Crippen LogP contribution in [0.15, 0.2) is 82.0 Å². The molecule has 4 aromatic rings. The van der Waals surface area contributed by atoms with Gasteiger partial charge in [-0.1, -0.05) is 36.4 Å². The number of hydrogen-bond donors (Lipinski definition) is 1. The average Bonchev–Trinajstić information content (AvgIpc) is 3.13. The summed E-state index contributed by atoms with van der Waals surface area (Å²) < 4.78 is 6.49. The minimum absolute atomic E-state index is 0.0635. The quantitative estimate of drug-likeness (QED) is 0.537. The van der Waals surface area contributed by atoms with E-state index in [9.17, 15) is 14.4 Å². The van der Waals surface area contributed by atoms with E-state index in [2.05, 4.69) is 5.32 Å². The number of oxazole rings is 1. The molecule has 1 aromatic heterocycles. The Labute approximate surface area is 183 Å². The van der Waals surface area contributed by atoms with E-state index in [1.165, 1.54) is 4.57 Å². The van der Waals surface area contributed by atoms with E-state index in [0.717, 1.165) is 24.1 Å². The van der Waals surface area contributed by atoms with Crippen molar-refractivity contribution in [2.45, 2.75) is 19.4 Å². The zero-order valence-corrected chi connectivity index (χ0v) is 17.3. The van der Waals surface area contributed by atoms with Crippen molar-refractivity contribution < 1.29 is 14.0 Å². The molecule has 0 bridgehead atoms. The molecule has 0 saturated carbocycles. The number of aryl methyl sites for hydroxylation is 1. The van der Waals surface area contributed by atoms with Crippen LogP contribution in [-0.4, -0.2) is 22.9 Å². The maximum atomic E-state index is 13.1. The van der Waals surface area contributed by atoms with Crippen molar-refractivity contribution in [1.29, 1.82) is 0 Å². The van der Waals surface area contributed by atoms with E-state index in [4.69, 9.17) is 4.42 Å². The summed E-state index contributed by atoms with van der Waals surface area (Å²) >= 11 is 0. The van der Waals surface area contributed by atoms with Gasteiger partial charge in [0.15, 0.2) is 5.58 Å². The van der Waals surface area contributed by atoms with Gasteiger partial charge in [0.25, 0.3) is 5.91 Å². The van der Waals surface area contributed by atoms with Crippen LogP contribution in [0.5, 0.6) is 0 Å². The van der Waals surface area contributed by atoms with E-state index in [0.29, 0.717) is 28.9 Å². The van der Waals surface area contributed by atoms with Crippen LogP contribution in [0.2, 0.25) is 0 Å². The van der Waals surface area contributed by atoms with Crippen LogP contribution in [0.4, 0.5) is 11.4 Å². The second-order valence-electron chi connectivity index (χ2n) is 7.74. The Morgan fingerprint density at radius 3 is 2.59 bits per heavy atom. The van der Waals surface area contributed by atoms with Crippen molar-refractivity contribution >= 4 is 34.3 Å². The lowest BCUT2D eigenvalue weighted by atomic mass is 10.00. The molecule has 0 spiro atoms. The summed E-state index contributed by atoms with van der Waals surface area (Å²) in [6.07, 6.45) is 1.76. The zero-order chi connectivity index (χ0) is 22.1. The van der Waals surface area contributed by atoms with Crippen LogP contribution >= 0.6 is 0 Å². The van der Waals surface area contributed by atoms with Gasteiger partial charge in [0.2, 0.25) is 5.91 Å². The fraction of sp³-hybridized carbons (Fsp3) is 0.160. The van der Waals surface area contributed by atoms with Gasteiger partial charge in [0.05, 0.1) is 5.52 Å². The van der Waals surface area contributed by atoms with Crippen LogP contribution in [-0.2, 0) is 17.8 Å². The highest BCUT2D eigenvalue weighted by molar-refractivity contribution is 6.07. The molecule has 160 valence electrons. The molecule has 1 aliphatic heterocycles. The highest BCUT2D eigenvalue weighted by Gasteiger charge is 2.24. The maximum absolute atomic E-state index is 13.1. The number of nitrogens with zero attached hydrogens (tertiary/aromatic N) is 2. The Morgan fingerprint density at radius 1 is 0.969 bits per heavy atom. The molecule has 2 amide bonds. The first-order valence-electron chi connectivity index (χ1n) is 10.5. The summed E-state index contributed by atoms with van der Waals surface area (Å²) in [6.45, 7) is 0.453. The van der Waals surface area contributed by atoms with Gasteiger partial charge in [-0.3, -0.25) is 14.2 Å². The first-order valence-corrected chi connectivity index (χ1v) is 10.5. The number of hydrogen-bond acceptors (Lipinski definition) is 4. The van der Waals surface area contributed by atoms with Crippen molar-refractivity contribution in [2.24, 2.45) is 0 Å². The minimum atomic E-state index is -0.577. The van der Waals surface area contributed by atoms with Crippen molar-refractivity contribution in [3.8, 4) is 0 Å². The molecule has 0 atom stereocenters. The molecule has 3 aromatic carbocycles. The predicted molar refractivity (Wildman–Crippen MR) is 122 cm³/mol. The highest BCUT2D eigenvalue weighted by Crippen LogP contribution is 2.31. The molecule has 1 N–H and O–H groups in total. The Bertz CT molecular complexity index is 1370. The lowest BCUT2D eigenvalue weighted by Gasteiger charge is -2.30. The molecule has 0 saturated heterocycles. The molecule has 32 heavy (non-hydrogen) atoms. The van der Waals surface area contributed by atoms with E-state index in [-0.39, 0.29) is 18.4 Å². The van der Waals surface area contributed by atoms with Crippen molar-refractivity contribution in [2.75, 3.05) is 16.8 Å². The molecule has 7 heteroatoms. The summed E-state index contributed by atoms with van der Waals surface area (Å²) in [5.74, 6) is -0.992. The topological polar surface area (TPSA) is 84.5 Å². The van der Waals surface area contributed by atoms with Crippen LogP contribution in [0.25, 0.3) is 11.1 Å². The van der Waals surface area contributed by atoms with Crippen LogP contribution in [0.3, 0.4) is 0 Å². The van der Waals surface area contributed by atoms with Gasteiger partial charge in [0.1, 0.15) is 6.54 Å². The number of benzene rings is 3. The normalized spacial score (nSPS) is 13.1. The lowest BCUT2D eigenvalue weighted by molar-refractivity contribution is -0.116. The van der Waals surface area contributed by atoms with Gasteiger partial charge in [-0.2, -0.15) is 0 Å². The second kappa shape index (κ2) is 8.19. The number of aromatic nitrogens is 1. The maximum Gasteiger partial charge on any atom is 0.420 e. The number of nitrogens with one attached hydrogen (secondary N) is 1. The second-order valence-corrected chi connectivity index (χ2v) is 7.74. The molecule has 5 rings (SSSR count). The van der Waals surface area contributed by atoms with Crippen molar-refractivity contribution in [3.63, 3.8) is 0 Å². The predicted octanol–water partition coefficient (Wildman–Crippen LogP) is 3.83. The van der Waals surface area contributed by atoms with E-state index < -0.39 is 5.76 Å². The third kappa shape index (κ3) is 3.69. The molecule has 1 aliphatic rings. The van der Waals surface area contributed by atoms with Crippen molar-refractivity contribution in [3.05, 3.63) is 94.5 Å². The summed E-state index contributed by atoms with van der Waals surface area (Å²) in [5, 5.41) is 2.84.